The number of pyridine rings is 1. The maximum absolute atomic E-state index is 12.9. The molecule has 28 heavy (non-hydrogen) atoms. The molecule has 0 spiro atoms. The number of ether oxygens (including phenoxy) is 1. The fourth-order valence-corrected chi connectivity index (χ4v) is 2.98. The first-order valence-corrected chi connectivity index (χ1v) is 9.01. The fraction of sp³-hybridized carbons (Fsp3) is 0.0870. The number of Topliss-reactive ketones (excluding diaryl/α,β-unsaturated/α-hetero) is 1. The number of benzene rings is 2. The van der Waals surface area contributed by atoms with E-state index in [1.807, 2.05) is 66.9 Å². The third-order valence-electron chi connectivity index (χ3n) is 4.46. The summed E-state index contributed by atoms with van der Waals surface area (Å²) in [4.78, 5) is 16.9. The third kappa shape index (κ3) is 4.15. The van der Waals surface area contributed by atoms with Gasteiger partial charge in [0.15, 0.2) is 5.78 Å². The minimum atomic E-state index is 0.00741. The minimum absolute atomic E-state index is 0.00741. The van der Waals surface area contributed by atoms with Gasteiger partial charge < -0.3 is 4.74 Å². The number of carbonyl (C=O) groups is 1. The van der Waals surface area contributed by atoms with E-state index in [2.05, 4.69) is 15.2 Å². The molecule has 2 aromatic carbocycles. The average molecular weight is 369 g/mol. The first-order valence-electron chi connectivity index (χ1n) is 9.01. The maximum Gasteiger partial charge on any atom is 0.170 e. The minimum Gasteiger partial charge on any atom is -0.488 e. The van der Waals surface area contributed by atoms with Crippen LogP contribution in [0.5, 0.6) is 5.75 Å². The Morgan fingerprint density at radius 2 is 1.75 bits per heavy atom. The molecule has 0 unspecified atom stereocenters. The Labute approximate surface area is 163 Å². The Morgan fingerprint density at radius 1 is 0.929 bits per heavy atom. The number of aromatic nitrogens is 3. The zero-order valence-electron chi connectivity index (χ0n) is 15.2. The van der Waals surface area contributed by atoms with E-state index in [9.17, 15) is 4.79 Å². The van der Waals surface area contributed by atoms with E-state index in [1.165, 1.54) is 0 Å². The summed E-state index contributed by atoms with van der Waals surface area (Å²) in [6.45, 7) is 0.394. The molecular formula is C23H19N3O2. The lowest BCUT2D eigenvalue weighted by atomic mass is 9.99. The molecule has 0 aliphatic rings. The number of carbonyl (C=O) groups excluding carboxylic acids is 1. The highest BCUT2D eigenvalue weighted by Crippen LogP contribution is 2.28. The van der Waals surface area contributed by atoms with Gasteiger partial charge in [-0.15, -0.1) is 0 Å². The number of hydrogen-bond acceptors (Lipinski definition) is 4. The van der Waals surface area contributed by atoms with Gasteiger partial charge in [0.05, 0.1) is 11.8 Å². The lowest BCUT2D eigenvalue weighted by Gasteiger charge is -2.13. The Kier molecular flexibility index (Phi) is 5.24. The van der Waals surface area contributed by atoms with E-state index in [0.717, 1.165) is 22.3 Å². The van der Waals surface area contributed by atoms with Gasteiger partial charge in [0.25, 0.3) is 0 Å². The highest BCUT2D eigenvalue weighted by Gasteiger charge is 2.15. The second-order valence-corrected chi connectivity index (χ2v) is 6.43. The lowest BCUT2D eigenvalue weighted by Crippen LogP contribution is -2.07. The number of rotatable bonds is 7. The third-order valence-corrected chi connectivity index (χ3v) is 4.46. The molecule has 2 heterocycles. The molecule has 5 nitrogen and oxygen atoms in total. The molecular weight excluding hydrogens is 350 g/mol. The first kappa shape index (κ1) is 17.7. The topological polar surface area (TPSA) is 67.9 Å². The fourth-order valence-electron chi connectivity index (χ4n) is 2.98. The van der Waals surface area contributed by atoms with Gasteiger partial charge in [-0.3, -0.25) is 14.9 Å². The molecule has 0 radical (unpaired) electrons. The monoisotopic (exact) mass is 369 g/mol. The Balaban J connectivity index is 1.63. The summed E-state index contributed by atoms with van der Waals surface area (Å²) >= 11 is 0. The maximum atomic E-state index is 12.9. The smallest absolute Gasteiger partial charge is 0.170 e. The summed E-state index contributed by atoms with van der Waals surface area (Å²) in [6.07, 6.45) is 7.24. The number of hydrogen-bond donors (Lipinski definition) is 1. The molecule has 4 aromatic rings. The van der Waals surface area contributed by atoms with Crippen molar-refractivity contribution in [2.24, 2.45) is 0 Å². The van der Waals surface area contributed by atoms with Gasteiger partial charge in [0.1, 0.15) is 12.4 Å². The molecule has 0 atom stereocenters. The molecule has 0 bridgehead atoms. The second-order valence-electron chi connectivity index (χ2n) is 6.43. The van der Waals surface area contributed by atoms with E-state index < -0.39 is 0 Å². The van der Waals surface area contributed by atoms with Gasteiger partial charge in [-0.25, -0.2) is 0 Å². The number of H-pyrrole nitrogens is 1. The van der Waals surface area contributed by atoms with Crippen molar-refractivity contribution in [2.75, 3.05) is 0 Å². The van der Waals surface area contributed by atoms with Crippen LogP contribution in [-0.4, -0.2) is 21.0 Å². The van der Waals surface area contributed by atoms with Crippen molar-refractivity contribution in [3.63, 3.8) is 0 Å². The molecule has 138 valence electrons. The summed E-state index contributed by atoms with van der Waals surface area (Å²) < 4.78 is 6.06. The van der Waals surface area contributed by atoms with Crippen LogP contribution in [0.25, 0.3) is 11.1 Å². The van der Waals surface area contributed by atoms with Crippen LogP contribution in [0.4, 0.5) is 0 Å². The summed E-state index contributed by atoms with van der Waals surface area (Å²) in [5.41, 5.74) is 4.42. The zero-order chi connectivity index (χ0) is 19.2. The van der Waals surface area contributed by atoms with Crippen LogP contribution < -0.4 is 4.74 Å². The van der Waals surface area contributed by atoms with Crippen molar-refractivity contribution in [1.82, 2.24) is 15.2 Å². The van der Waals surface area contributed by atoms with Gasteiger partial charge >= 0.3 is 0 Å². The van der Waals surface area contributed by atoms with Crippen LogP contribution in [0, 0.1) is 0 Å². The summed E-state index contributed by atoms with van der Waals surface area (Å²) in [5.74, 6) is 0.578. The molecule has 1 N–H and O–H groups in total. The van der Waals surface area contributed by atoms with Crippen molar-refractivity contribution in [2.45, 2.75) is 13.0 Å². The van der Waals surface area contributed by atoms with Crippen molar-refractivity contribution < 1.29 is 9.53 Å². The standard InChI is InChI=1S/C23H19N3O2/c27-22(12-17-8-10-24-11-9-17)21-7-6-19(20-14-25-26-15-20)13-23(21)28-16-18-4-2-1-3-5-18/h1-11,13-15H,12,16H2,(H,25,26). The average Bonchev–Trinajstić information content (AvgIpc) is 3.28. The summed E-state index contributed by atoms with van der Waals surface area (Å²) in [7, 11) is 0. The normalized spacial score (nSPS) is 10.6. The van der Waals surface area contributed by atoms with Crippen molar-refractivity contribution in [3.8, 4) is 16.9 Å². The first-order chi connectivity index (χ1) is 13.8. The quantitative estimate of drug-likeness (QED) is 0.488. The van der Waals surface area contributed by atoms with E-state index >= 15 is 0 Å². The molecule has 2 aromatic heterocycles. The molecule has 0 saturated heterocycles. The van der Waals surface area contributed by atoms with Crippen molar-refractivity contribution >= 4 is 5.78 Å². The predicted molar refractivity (Wildman–Crippen MR) is 107 cm³/mol. The van der Waals surface area contributed by atoms with Crippen LogP contribution in [0.3, 0.4) is 0 Å². The Hall–Kier alpha value is -3.73. The van der Waals surface area contributed by atoms with E-state index in [-0.39, 0.29) is 5.78 Å². The molecule has 0 amide bonds. The number of ketones is 1. The molecule has 4 rings (SSSR count). The molecule has 0 saturated carbocycles. The highest BCUT2D eigenvalue weighted by atomic mass is 16.5. The zero-order valence-corrected chi connectivity index (χ0v) is 15.2. The predicted octanol–water partition coefficient (Wildman–Crippen LogP) is 4.48. The number of nitrogens with one attached hydrogen (secondary N) is 1. The summed E-state index contributed by atoms with van der Waals surface area (Å²) in [6, 6.07) is 19.2. The number of aromatic amines is 1. The summed E-state index contributed by atoms with van der Waals surface area (Å²) in [5, 5.41) is 6.81. The SMILES string of the molecule is O=C(Cc1ccncc1)c1ccc(-c2cn[nH]c2)cc1OCc1ccccc1. The van der Waals surface area contributed by atoms with Gasteiger partial charge in [0.2, 0.25) is 0 Å². The van der Waals surface area contributed by atoms with Gasteiger partial charge in [-0.05, 0) is 41.0 Å². The van der Waals surface area contributed by atoms with E-state index in [4.69, 9.17) is 4.74 Å². The Bertz CT molecular complexity index is 1050. The molecule has 5 heteroatoms. The van der Waals surface area contributed by atoms with Gasteiger partial charge in [-0.1, -0.05) is 36.4 Å². The van der Waals surface area contributed by atoms with Crippen LogP contribution >= 0.6 is 0 Å². The van der Waals surface area contributed by atoms with Crippen molar-refractivity contribution in [1.29, 1.82) is 0 Å². The molecule has 0 aliphatic heterocycles. The molecule has 0 aliphatic carbocycles. The number of nitrogens with zero attached hydrogens (tertiary/aromatic N) is 2. The lowest BCUT2D eigenvalue weighted by molar-refractivity contribution is 0.0988. The largest absolute Gasteiger partial charge is 0.488 e. The van der Waals surface area contributed by atoms with Crippen LogP contribution in [0.15, 0.2) is 85.5 Å². The van der Waals surface area contributed by atoms with Crippen molar-refractivity contribution in [3.05, 3.63) is 102 Å². The highest BCUT2D eigenvalue weighted by molar-refractivity contribution is 6.00. The van der Waals surface area contributed by atoms with Crippen LogP contribution in [0.1, 0.15) is 21.5 Å². The van der Waals surface area contributed by atoms with Gasteiger partial charge in [0, 0.05) is 30.6 Å². The van der Waals surface area contributed by atoms with Crippen LogP contribution in [-0.2, 0) is 13.0 Å². The van der Waals surface area contributed by atoms with Gasteiger partial charge in [-0.2, -0.15) is 5.10 Å². The van der Waals surface area contributed by atoms with E-state index in [1.54, 1.807) is 18.6 Å². The molecule has 0 fully saturated rings. The Morgan fingerprint density at radius 3 is 2.50 bits per heavy atom. The second kappa shape index (κ2) is 8.31. The van der Waals surface area contributed by atoms with Crippen LogP contribution in [0.2, 0.25) is 0 Å². The van der Waals surface area contributed by atoms with E-state index in [0.29, 0.717) is 24.3 Å².